The summed E-state index contributed by atoms with van der Waals surface area (Å²) in [6.45, 7) is 2.21. The number of hydrogen-bond acceptors (Lipinski definition) is 5. The predicted molar refractivity (Wildman–Crippen MR) is 98.7 cm³/mol. The summed E-state index contributed by atoms with van der Waals surface area (Å²) in [7, 11) is 0. The summed E-state index contributed by atoms with van der Waals surface area (Å²) in [4.78, 5) is 30.7. The molecule has 2 aromatic carbocycles. The zero-order valence-corrected chi connectivity index (χ0v) is 14.8. The van der Waals surface area contributed by atoms with Crippen LogP contribution in [0.25, 0.3) is 5.69 Å². The number of hydrogen-bond donors (Lipinski definition) is 0. The Labute approximate surface area is 156 Å². The van der Waals surface area contributed by atoms with Crippen molar-refractivity contribution in [2.24, 2.45) is 0 Å². The first kappa shape index (κ1) is 17.0. The molecule has 136 valence electrons. The van der Waals surface area contributed by atoms with Crippen LogP contribution in [-0.2, 0) is 16.0 Å². The molecule has 2 heterocycles. The van der Waals surface area contributed by atoms with Crippen molar-refractivity contribution in [3.05, 3.63) is 72.3 Å². The molecular weight excluding hydrogens is 344 g/mol. The molecule has 0 radical (unpaired) electrons. The zero-order valence-electron chi connectivity index (χ0n) is 14.8. The van der Waals surface area contributed by atoms with Crippen LogP contribution in [0.4, 0.5) is 5.69 Å². The molecule has 1 aliphatic heterocycles. The van der Waals surface area contributed by atoms with Crippen molar-refractivity contribution in [2.75, 3.05) is 11.4 Å². The van der Waals surface area contributed by atoms with E-state index in [4.69, 9.17) is 4.74 Å². The summed E-state index contributed by atoms with van der Waals surface area (Å²) in [6.07, 6.45) is 2.96. The summed E-state index contributed by atoms with van der Waals surface area (Å²) in [5, 5.41) is 4.03. The van der Waals surface area contributed by atoms with E-state index in [1.54, 1.807) is 47.1 Å². The lowest BCUT2D eigenvalue weighted by molar-refractivity contribution is -0.126. The Morgan fingerprint density at radius 3 is 2.63 bits per heavy atom. The molecule has 4 rings (SSSR count). The third-order valence-electron chi connectivity index (χ3n) is 4.57. The van der Waals surface area contributed by atoms with Crippen LogP contribution in [-0.4, -0.2) is 39.3 Å². The summed E-state index contributed by atoms with van der Waals surface area (Å²) >= 11 is 0. The van der Waals surface area contributed by atoms with E-state index in [0.29, 0.717) is 12.1 Å². The maximum absolute atomic E-state index is 12.7. The standard InChI is InChI=1S/C20H18N4O3/c1-14(19(25)23-11-10-15-4-2-3-5-18(15)23)27-20(26)16-6-8-17(9-7-16)24-13-21-12-22-24/h2-9,12-14H,10-11H2,1H3/t14-/m0/s1. The second-order valence-electron chi connectivity index (χ2n) is 6.30. The van der Waals surface area contributed by atoms with Crippen molar-refractivity contribution in [3.63, 3.8) is 0 Å². The minimum atomic E-state index is -0.862. The number of nitrogens with zero attached hydrogens (tertiary/aromatic N) is 4. The monoisotopic (exact) mass is 362 g/mol. The maximum atomic E-state index is 12.7. The first-order valence-electron chi connectivity index (χ1n) is 8.69. The second-order valence-corrected chi connectivity index (χ2v) is 6.30. The third-order valence-corrected chi connectivity index (χ3v) is 4.57. The number of carbonyl (C=O) groups excluding carboxylic acids is 2. The number of carbonyl (C=O) groups is 2. The molecule has 0 saturated heterocycles. The molecule has 1 aromatic heterocycles. The van der Waals surface area contributed by atoms with Gasteiger partial charge in [-0.1, -0.05) is 18.2 Å². The molecule has 0 unspecified atom stereocenters. The summed E-state index contributed by atoms with van der Waals surface area (Å²) < 4.78 is 6.98. The quantitative estimate of drug-likeness (QED) is 0.666. The highest BCUT2D eigenvalue weighted by atomic mass is 16.5. The van der Waals surface area contributed by atoms with Gasteiger partial charge < -0.3 is 9.64 Å². The molecule has 1 atom stereocenters. The van der Waals surface area contributed by atoms with Gasteiger partial charge in [-0.25, -0.2) is 14.5 Å². The van der Waals surface area contributed by atoms with Crippen molar-refractivity contribution in [1.82, 2.24) is 14.8 Å². The van der Waals surface area contributed by atoms with E-state index in [1.165, 1.54) is 6.33 Å². The van der Waals surface area contributed by atoms with E-state index >= 15 is 0 Å². The molecule has 7 heteroatoms. The molecule has 1 aliphatic rings. The van der Waals surface area contributed by atoms with Crippen LogP contribution in [0, 0.1) is 0 Å². The zero-order chi connectivity index (χ0) is 18.8. The molecule has 0 saturated carbocycles. The predicted octanol–water partition coefficient (Wildman–Crippen LogP) is 2.40. The van der Waals surface area contributed by atoms with Crippen molar-refractivity contribution >= 4 is 17.6 Å². The van der Waals surface area contributed by atoms with Gasteiger partial charge in [0.05, 0.1) is 11.3 Å². The average molecular weight is 362 g/mol. The molecule has 1 amide bonds. The molecule has 0 fully saturated rings. The number of para-hydroxylation sites is 1. The highest BCUT2D eigenvalue weighted by Gasteiger charge is 2.29. The van der Waals surface area contributed by atoms with Gasteiger partial charge in [0, 0.05) is 12.2 Å². The lowest BCUT2D eigenvalue weighted by atomic mass is 10.2. The SMILES string of the molecule is C[C@H](OC(=O)c1ccc(-n2cncn2)cc1)C(=O)N1CCc2ccccc21. The van der Waals surface area contributed by atoms with Gasteiger partial charge in [-0.2, -0.15) is 5.10 Å². The Bertz CT molecular complexity index is 967. The van der Waals surface area contributed by atoms with Gasteiger partial charge in [-0.3, -0.25) is 4.79 Å². The Balaban J connectivity index is 1.43. The molecule has 0 N–H and O–H groups in total. The average Bonchev–Trinajstić information content (AvgIpc) is 3.37. The van der Waals surface area contributed by atoms with E-state index in [0.717, 1.165) is 23.4 Å². The van der Waals surface area contributed by atoms with Crippen LogP contribution in [0.3, 0.4) is 0 Å². The number of anilines is 1. The second kappa shape index (κ2) is 7.03. The summed E-state index contributed by atoms with van der Waals surface area (Å²) in [6, 6.07) is 14.6. The smallest absolute Gasteiger partial charge is 0.338 e. The van der Waals surface area contributed by atoms with Gasteiger partial charge in [-0.15, -0.1) is 0 Å². The number of fused-ring (bicyclic) bond motifs is 1. The molecule has 0 spiro atoms. The third kappa shape index (κ3) is 3.31. The number of aromatic nitrogens is 3. The summed E-state index contributed by atoms with van der Waals surface area (Å²) in [5.41, 5.74) is 3.18. The lowest BCUT2D eigenvalue weighted by Crippen LogP contribution is -2.39. The fourth-order valence-electron chi connectivity index (χ4n) is 3.16. The first-order valence-corrected chi connectivity index (χ1v) is 8.69. The highest BCUT2D eigenvalue weighted by Crippen LogP contribution is 2.28. The van der Waals surface area contributed by atoms with Gasteiger partial charge >= 0.3 is 5.97 Å². The van der Waals surface area contributed by atoms with Crippen LogP contribution >= 0.6 is 0 Å². The van der Waals surface area contributed by atoms with Crippen LogP contribution in [0.2, 0.25) is 0 Å². The van der Waals surface area contributed by atoms with Gasteiger partial charge in [0.15, 0.2) is 6.10 Å². The van der Waals surface area contributed by atoms with Crippen molar-refractivity contribution in [3.8, 4) is 5.69 Å². The Morgan fingerprint density at radius 1 is 1.11 bits per heavy atom. The van der Waals surface area contributed by atoms with E-state index in [2.05, 4.69) is 10.1 Å². The topological polar surface area (TPSA) is 77.3 Å². The first-order chi connectivity index (χ1) is 13.1. The van der Waals surface area contributed by atoms with E-state index < -0.39 is 12.1 Å². The fourth-order valence-corrected chi connectivity index (χ4v) is 3.16. The van der Waals surface area contributed by atoms with E-state index in [-0.39, 0.29) is 5.91 Å². The minimum absolute atomic E-state index is 0.215. The maximum Gasteiger partial charge on any atom is 0.338 e. The largest absolute Gasteiger partial charge is 0.449 e. The van der Waals surface area contributed by atoms with Gasteiger partial charge in [0.2, 0.25) is 0 Å². The van der Waals surface area contributed by atoms with Crippen LogP contribution in [0.15, 0.2) is 61.2 Å². The normalized spacial score (nSPS) is 13.9. The van der Waals surface area contributed by atoms with Gasteiger partial charge in [0.1, 0.15) is 12.7 Å². The van der Waals surface area contributed by atoms with Crippen molar-refractivity contribution < 1.29 is 14.3 Å². The Kier molecular flexibility index (Phi) is 4.42. The minimum Gasteiger partial charge on any atom is -0.449 e. The molecule has 7 nitrogen and oxygen atoms in total. The molecule has 0 bridgehead atoms. The molecule has 0 aliphatic carbocycles. The number of rotatable bonds is 4. The van der Waals surface area contributed by atoms with Gasteiger partial charge in [-0.05, 0) is 49.2 Å². The van der Waals surface area contributed by atoms with E-state index in [1.807, 2.05) is 24.3 Å². The highest BCUT2D eigenvalue weighted by molar-refractivity contribution is 6.00. The Hall–Kier alpha value is -3.48. The molecular formula is C20H18N4O3. The van der Waals surface area contributed by atoms with E-state index in [9.17, 15) is 9.59 Å². The number of esters is 1. The lowest BCUT2D eigenvalue weighted by Gasteiger charge is -2.21. The summed E-state index contributed by atoms with van der Waals surface area (Å²) in [5.74, 6) is -0.749. The van der Waals surface area contributed by atoms with Crippen molar-refractivity contribution in [1.29, 1.82) is 0 Å². The number of ether oxygens (including phenoxy) is 1. The van der Waals surface area contributed by atoms with Crippen LogP contribution in [0.1, 0.15) is 22.8 Å². The number of amides is 1. The van der Waals surface area contributed by atoms with Crippen molar-refractivity contribution in [2.45, 2.75) is 19.4 Å². The molecule has 3 aromatic rings. The van der Waals surface area contributed by atoms with Crippen LogP contribution < -0.4 is 4.90 Å². The van der Waals surface area contributed by atoms with Gasteiger partial charge in [0.25, 0.3) is 5.91 Å². The fraction of sp³-hybridized carbons (Fsp3) is 0.200. The van der Waals surface area contributed by atoms with Crippen LogP contribution in [0.5, 0.6) is 0 Å². The number of benzene rings is 2. The molecule has 27 heavy (non-hydrogen) atoms. The Morgan fingerprint density at radius 2 is 1.89 bits per heavy atom.